The molecule has 5 nitrogen and oxygen atoms in total. The summed E-state index contributed by atoms with van der Waals surface area (Å²) in [5, 5.41) is 2.86. The molecule has 0 bridgehead atoms. The van der Waals surface area contributed by atoms with Crippen molar-refractivity contribution < 1.29 is 14.3 Å². The molecule has 0 radical (unpaired) electrons. The van der Waals surface area contributed by atoms with Gasteiger partial charge in [0.1, 0.15) is 5.60 Å². The van der Waals surface area contributed by atoms with Crippen LogP contribution in [0.5, 0.6) is 0 Å². The summed E-state index contributed by atoms with van der Waals surface area (Å²) in [6.07, 6.45) is 0.186. The van der Waals surface area contributed by atoms with E-state index in [2.05, 4.69) is 26.1 Å². The third-order valence-electron chi connectivity index (χ3n) is 3.38. The van der Waals surface area contributed by atoms with Crippen LogP contribution in [0, 0.1) is 11.8 Å². The van der Waals surface area contributed by atoms with Crippen molar-refractivity contribution in [1.82, 2.24) is 10.2 Å². The molecule has 2 amide bonds. The van der Waals surface area contributed by atoms with E-state index in [1.54, 1.807) is 4.90 Å². The van der Waals surface area contributed by atoms with E-state index in [-0.39, 0.29) is 12.0 Å². The molecular weight excluding hydrogens is 268 g/mol. The normalized spacial score (nSPS) is 13.0. The molecular formula is C16H32N2O3. The summed E-state index contributed by atoms with van der Waals surface area (Å²) >= 11 is 0. The first kappa shape index (κ1) is 19.7. The lowest BCUT2D eigenvalue weighted by molar-refractivity contribution is -0.122. The number of amides is 2. The van der Waals surface area contributed by atoms with Gasteiger partial charge >= 0.3 is 6.09 Å². The van der Waals surface area contributed by atoms with Gasteiger partial charge in [0.05, 0.1) is 0 Å². The van der Waals surface area contributed by atoms with Crippen molar-refractivity contribution in [2.24, 2.45) is 11.8 Å². The number of ether oxygens (including phenoxy) is 1. The Morgan fingerprint density at radius 1 is 1.19 bits per heavy atom. The van der Waals surface area contributed by atoms with Crippen LogP contribution in [0.1, 0.15) is 54.9 Å². The molecule has 0 fully saturated rings. The minimum absolute atomic E-state index is 0.0384. The topological polar surface area (TPSA) is 58.6 Å². The first-order valence-corrected chi connectivity index (χ1v) is 7.81. The van der Waals surface area contributed by atoms with Gasteiger partial charge in [-0.1, -0.05) is 20.8 Å². The SMILES string of the molecule is CCN(CCNC(=O)CC(C)C(C)C)C(=O)OC(C)(C)C. The maximum atomic E-state index is 11.9. The lowest BCUT2D eigenvalue weighted by Gasteiger charge is -2.26. The van der Waals surface area contributed by atoms with Crippen LogP contribution in [0.25, 0.3) is 0 Å². The van der Waals surface area contributed by atoms with E-state index < -0.39 is 5.60 Å². The van der Waals surface area contributed by atoms with Gasteiger partial charge in [-0.3, -0.25) is 4.79 Å². The van der Waals surface area contributed by atoms with E-state index in [0.29, 0.717) is 37.9 Å². The minimum Gasteiger partial charge on any atom is -0.444 e. The highest BCUT2D eigenvalue weighted by molar-refractivity contribution is 5.76. The average Bonchev–Trinajstić information content (AvgIpc) is 2.31. The van der Waals surface area contributed by atoms with E-state index in [4.69, 9.17) is 4.74 Å². The number of rotatable bonds is 7. The summed E-state index contributed by atoms with van der Waals surface area (Å²) < 4.78 is 5.32. The Kier molecular flexibility index (Phi) is 8.37. The second kappa shape index (κ2) is 8.90. The Hall–Kier alpha value is -1.26. The lowest BCUT2D eigenvalue weighted by atomic mass is 9.94. The third kappa shape index (κ3) is 9.32. The molecule has 5 heteroatoms. The molecule has 0 aliphatic heterocycles. The fraction of sp³-hybridized carbons (Fsp3) is 0.875. The maximum Gasteiger partial charge on any atom is 0.410 e. The summed E-state index contributed by atoms with van der Waals surface area (Å²) in [6, 6.07) is 0. The Labute approximate surface area is 129 Å². The number of nitrogens with zero attached hydrogens (tertiary/aromatic N) is 1. The average molecular weight is 300 g/mol. The highest BCUT2D eigenvalue weighted by atomic mass is 16.6. The van der Waals surface area contributed by atoms with Gasteiger partial charge in [-0.2, -0.15) is 0 Å². The monoisotopic (exact) mass is 300 g/mol. The largest absolute Gasteiger partial charge is 0.444 e. The molecule has 0 saturated carbocycles. The summed E-state index contributed by atoms with van der Waals surface area (Å²) in [5.41, 5.74) is -0.500. The van der Waals surface area contributed by atoms with Crippen molar-refractivity contribution in [2.45, 2.75) is 60.5 Å². The maximum absolute atomic E-state index is 11.9. The predicted molar refractivity (Wildman–Crippen MR) is 85.1 cm³/mol. The zero-order valence-corrected chi connectivity index (χ0v) is 14.7. The van der Waals surface area contributed by atoms with E-state index in [1.807, 2.05) is 27.7 Å². The lowest BCUT2D eigenvalue weighted by Crippen LogP contribution is -2.41. The second-order valence-corrected chi connectivity index (χ2v) is 6.84. The van der Waals surface area contributed by atoms with Gasteiger partial charge in [0.25, 0.3) is 0 Å². The standard InChI is InChI=1S/C16H32N2O3/c1-8-18(15(20)21-16(5,6)7)10-9-17-14(19)11-13(4)12(2)3/h12-13H,8-11H2,1-7H3,(H,17,19). The van der Waals surface area contributed by atoms with E-state index in [9.17, 15) is 9.59 Å². The molecule has 1 atom stereocenters. The van der Waals surface area contributed by atoms with Gasteiger partial charge in [0, 0.05) is 26.1 Å². The fourth-order valence-electron chi connectivity index (χ4n) is 1.64. The predicted octanol–water partition coefficient (Wildman–Crippen LogP) is 3.04. The highest BCUT2D eigenvalue weighted by Crippen LogP contribution is 2.13. The van der Waals surface area contributed by atoms with Gasteiger partial charge in [0.15, 0.2) is 0 Å². The van der Waals surface area contributed by atoms with Crippen LogP contribution in [-0.4, -0.2) is 42.1 Å². The highest BCUT2D eigenvalue weighted by Gasteiger charge is 2.21. The number of likely N-dealkylation sites (N-methyl/N-ethyl adjacent to an activating group) is 1. The Morgan fingerprint density at radius 3 is 2.19 bits per heavy atom. The van der Waals surface area contributed by atoms with Gasteiger partial charge in [-0.15, -0.1) is 0 Å². The van der Waals surface area contributed by atoms with Crippen LogP contribution in [0.3, 0.4) is 0 Å². The fourth-order valence-corrected chi connectivity index (χ4v) is 1.64. The molecule has 0 spiro atoms. The van der Waals surface area contributed by atoms with Crippen molar-refractivity contribution in [2.75, 3.05) is 19.6 Å². The van der Waals surface area contributed by atoms with Gasteiger partial charge in [-0.05, 0) is 39.5 Å². The van der Waals surface area contributed by atoms with Crippen LogP contribution in [-0.2, 0) is 9.53 Å². The molecule has 1 N–H and O–H groups in total. The van der Waals surface area contributed by atoms with Crippen LogP contribution in [0.4, 0.5) is 4.79 Å². The van der Waals surface area contributed by atoms with Crippen molar-refractivity contribution >= 4 is 12.0 Å². The summed E-state index contributed by atoms with van der Waals surface area (Å²) in [7, 11) is 0. The number of hydrogen-bond donors (Lipinski definition) is 1. The quantitative estimate of drug-likeness (QED) is 0.786. The number of nitrogens with one attached hydrogen (secondary N) is 1. The number of carbonyl (C=O) groups excluding carboxylic acids is 2. The molecule has 0 aromatic rings. The van der Waals surface area contributed by atoms with Gasteiger partial charge in [-0.25, -0.2) is 4.79 Å². The molecule has 1 unspecified atom stereocenters. The molecule has 0 heterocycles. The van der Waals surface area contributed by atoms with Crippen molar-refractivity contribution in [1.29, 1.82) is 0 Å². The van der Waals surface area contributed by atoms with Crippen molar-refractivity contribution in [3.63, 3.8) is 0 Å². The molecule has 0 saturated heterocycles. The Balaban J connectivity index is 4.12. The van der Waals surface area contributed by atoms with Crippen molar-refractivity contribution in [3.05, 3.63) is 0 Å². The molecule has 0 aromatic carbocycles. The first-order valence-electron chi connectivity index (χ1n) is 7.81. The summed E-state index contributed by atoms with van der Waals surface area (Å²) in [6.45, 7) is 15.2. The number of hydrogen-bond acceptors (Lipinski definition) is 3. The zero-order chi connectivity index (χ0) is 16.6. The Bertz CT molecular complexity index is 335. The Morgan fingerprint density at radius 2 is 1.76 bits per heavy atom. The van der Waals surface area contributed by atoms with E-state index >= 15 is 0 Å². The molecule has 0 aromatic heterocycles. The van der Waals surface area contributed by atoms with Crippen molar-refractivity contribution in [3.8, 4) is 0 Å². The molecule has 0 aliphatic rings. The minimum atomic E-state index is -0.500. The second-order valence-electron chi connectivity index (χ2n) is 6.84. The molecule has 124 valence electrons. The number of carbonyl (C=O) groups is 2. The van der Waals surface area contributed by atoms with E-state index in [0.717, 1.165) is 0 Å². The van der Waals surface area contributed by atoms with E-state index in [1.165, 1.54) is 0 Å². The smallest absolute Gasteiger partial charge is 0.410 e. The van der Waals surface area contributed by atoms with Crippen LogP contribution in [0.2, 0.25) is 0 Å². The zero-order valence-electron chi connectivity index (χ0n) is 14.7. The van der Waals surface area contributed by atoms with Gasteiger partial charge < -0.3 is 15.0 Å². The van der Waals surface area contributed by atoms with Gasteiger partial charge in [0.2, 0.25) is 5.91 Å². The molecule has 0 rings (SSSR count). The third-order valence-corrected chi connectivity index (χ3v) is 3.38. The van der Waals surface area contributed by atoms with Crippen LogP contribution < -0.4 is 5.32 Å². The van der Waals surface area contributed by atoms with Crippen LogP contribution >= 0.6 is 0 Å². The first-order chi connectivity index (χ1) is 9.56. The summed E-state index contributed by atoms with van der Waals surface area (Å²) in [5.74, 6) is 0.888. The van der Waals surface area contributed by atoms with Crippen LogP contribution in [0.15, 0.2) is 0 Å². The summed E-state index contributed by atoms with van der Waals surface area (Å²) in [4.78, 5) is 25.3. The molecule has 21 heavy (non-hydrogen) atoms. The molecule has 0 aliphatic carbocycles.